The van der Waals surface area contributed by atoms with Crippen LogP contribution < -0.4 is 6.15 Å². The molecule has 0 aromatic rings. The van der Waals surface area contributed by atoms with Crippen molar-refractivity contribution in [3.63, 3.8) is 0 Å². The molecule has 0 rings (SSSR count). The third-order valence-corrected chi connectivity index (χ3v) is 0.474. The molecule has 5 heteroatoms. The normalized spacial score (nSPS) is 3.14. The molecule has 0 aromatic carbocycles. The van der Waals surface area contributed by atoms with Gasteiger partial charge in [0.25, 0.3) is 0 Å². The summed E-state index contributed by atoms with van der Waals surface area (Å²) >= 11 is -0.431. The van der Waals surface area contributed by atoms with Crippen molar-refractivity contribution in [2.75, 3.05) is 0 Å². The van der Waals surface area contributed by atoms with Crippen LogP contribution in [0, 0.1) is 20.5 Å². The predicted octanol–water partition coefficient (Wildman–Crippen LogP) is -1.21. The van der Waals surface area contributed by atoms with Crippen molar-refractivity contribution >= 4 is 52.7 Å². The van der Waals surface area contributed by atoms with E-state index in [2.05, 4.69) is 0 Å². The van der Waals surface area contributed by atoms with Gasteiger partial charge in [0.05, 0.1) is 0 Å². The fourth-order valence-electron chi connectivity index (χ4n) is 0.0204. The van der Waals surface area contributed by atoms with Crippen LogP contribution in [0.1, 0.15) is 0 Å². The van der Waals surface area contributed by atoms with Gasteiger partial charge in [0.15, 0.2) is 0 Å². The second-order valence-electron chi connectivity index (χ2n) is 0.285. The third kappa shape index (κ3) is 20.2. The molecule has 31 valence electrons. The Morgan fingerprint density at radius 1 is 1.14 bits per heavy atom. The predicted molar refractivity (Wildman–Crippen MR) is 24.9 cm³/mol. The van der Waals surface area contributed by atoms with Gasteiger partial charge in [0, 0.05) is 43.9 Å². The van der Waals surface area contributed by atoms with E-state index in [9.17, 15) is 0 Å². The summed E-state index contributed by atoms with van der Waals surface area (Å²) in [5, 5.41) is 15.2. The van der Waals surface area contributed by atoms with Gasteiger partial charge in [-0.05, 0) is 0 Å². The van der Waals surface area contributed by atoms with Crippen molar-refractivity contribution < 1.29 is 0 Å². The van der Waals surface area contributed by atoms with Crippen LogP contribution in [0.5, 0.6) is 0 Å². The SMILES string of the molecule is N#C[Se]C#N.[Ca].[N]. The van der Waals surface area contributed by atoms with Crippen molar-refractivity contribution in [1.82, 2.24) is 6.15 Å². The summed E-state index contributed by atoms with van der Waals surface area (Å²) in [4.78, 5) is 3.44. The Bertz CT molecular complexity index is 78.1. The molecule has 7 heavy (non-hydrogen) atoms. The molecule has 0 saturated heterocycles. The van der Waals surface area contributed by atoms with Crippen LogP contribution in [0.4, 0.5) is 0 Å². The molecule has 0 spiro atoms. The Kier molecular flexibility index (Phi) is 35.5. The number of nitrogens with zero attached hydrogens (tertiary/aromatic N) is 3. The molecule has 0 aliphatic carbocycles. The minimum Gasteiger partial charge on any atom is 0 e. The second-order valence-corrected chi connectivity index (χ2v) is 1.48. The van der Waals surface area contributed by atoms with Crippen LogP contribution >= 0.6 is 0 Å². The molecule has 0 aliphatic heterocycles. The molecule has 0 bridgehead atoms. The van der Waals surface area contributed by atoms with Gasteiger partial charge in [0.2, 0.25) is 0 Å². The van der Waals surface area contributed by atoms with Crippen LogP contribution in [0.3, 0.4) is 0 Å². The maximum atomic E-state index is 7.62. The Morgan fingerprint density at radius 3 is 1.43 bits per heavy atom. The average molecular weight is 185 g/mol. The van der Waals surface area contributed by atoms with Crippen LogP contribution in [0.2, 0.25) is 0 Å². The summed E-state index contributed by atoms with van der Waals surface area (Å²) in [6.45, 7) is 0. The van der Waals surface area contributed by atoms with Gasteiger partial charge in [-0.1, -0.05) is 0 Å². The number of rotatable bonds is 0. The van der Waals surface area contributed by atoms with E-state index in [1.165, 1.54) is 0 Å². The molecule has 0 atom stereocenters. The van der Waals surface area contributed by atoms with Gasteiger partial charge < -0.3 is 0 Å². The zero-order valence-electron chi connectivity index (χ0n) is 3.46. The fourth-order valence-corrected chi connectivity index (χ4v) is 0.106. The first kappa shape index (κ1) is 15.6. The molecule has 0 unspecified atom stereocenters. The zero-order valence-corrected chi connectivity index (χ0v) is 7.38. The maximum Gasteiger partial charge on any atom is 0 e. The summed E-state index contributed by atoms with van der Waals surface area (Å²) in [6.07, 6.45) is 0. The first-order chi connectivity index (χ1) is 2.41. The van der Waals surface area contributed by atoms with Crippen molar-refractivity contribution in [1.29, 1.82) is 10.5 Å². The molecule has 0 fully saturated rings. The van der Waals surface area contributed by atoms with Crippen molar-refractivity contribution in [2.45, 2.75) is 0 Å². The largest absolute Gasteiger partial charge is 0 e. The first-order valence-corrected chi connectivity index (χ1v) is 2.57. The average Bonchev–Trinajstić information content (AvgIpc) is 1.41. The second kappa shape index (κ2) is 15.9. The number of hydrogen-bond acceptors (Lipinski definition) is 2. The molecule has 5 radical (unpaired) electrons. The molecule has 0 heterocycles. The van der Waals surface area contributed by atoms with E-state index < -0.39 is 15.0 Å². The molecule has 0 saturated carbocycles. The zero-order chi connectivity index (χ0) is 4.12. The smallest absolute Gasteiger partial charge is 0 e. The van der Waals surface area contributed by atoms with Crippen molar-refractivity contribution in [3.05, 3.63) is 0 Å². The molecule has 0 aliphatic rings. The molecule has 0 aromatic heterocycles. The summed E-state index contributed by atoms with van der Waals surface area (Å²) in [5.74, 6) is 0. The van der Waals surface area contributed by atoms with Crippen LogP contribution in [-0.4, -0.2) is 52.7 Å². The van der Waals surface area contributed by atoms with E-state index in [-0.39, 0.29) is 43.9 Å². The van der Waals surface area contributed by atoms with Gasteiger partial charge in [-0.15, -0.1) is 0 Å². The minimum absolute atomic E-state index is 0. The van der Waals surface area contributed by atoms with Gasteiger partial charge in [-0.3, -0.25) is 0 Å². The Labute approximate surface area is 78.4 Å². The summed E-state index contributed by atoms with van der Waals surface area (Å²) in [7, 11) is 0. The third-order valence-electron chi connectivity index (χ3n) is 0.0913. The maximum absolute atomic E-state index is 7.62. The van der Waals surface area contributed by atoms with Crippen molar-refractivity contribution in [3.8, 4) is 9.94 Å². The van der Waals surface area contributed by atoms with Crippen LogP contribution in [0.25, 0.3) is 0 Å². The van der Waals surface area contributed by atoms with E-state index in [0.29, 0.717) is 0 Å². The minimum atomic E-state index is -0.431. The fraction of sp³-hybridized carbons (Fsp3) is 0. The summed E-state index contributed by atoms with van der Waals surface area (Å²) in [6, 6.07) is 0. The van der Waals surface area contributed by atoms with Gasteiger partial charge in [-0.25, -0.2) is 0 Å². The van der Waals surface area contributed by atoms with Crippen molar-refractivity contribution in [2.24, 2.45) is 0 Å². The summed E-state index contributed by atoms with van der Waals surface area (Å²) in [5.41, 5.74) is 0. The van der Waals surface area contributed by atoms with Crippen LogP contribution in [0.15, 0.2) is 0 Å². The van der Waals surface area contributed by atoms with Gasteiger partial charge >= 0.3 is 35.4 Å². The first-order valence-electron chi connectivity index (χ1n) is 0.855. The van der Waals surface area contributed by atoms with E-state index >= 15 is 0 Å². The van der Waals surface area contributed by atoms with E-state index in [1.807, 2.05) is 0 Å². The molecular formula is C2CaN3Se. The van der Waals surface area contributed by atoms with E-state index in [0.717, 1.165) is 0 Å². The van der Waals surface area contributed by atoms with Crippen LogP contribution in [-0.2, 0) is 0 Å². The van der Waals surface area contributed by atoms with E-state index in [4.69, 9.17) is 10.5 Å². The standard InChI is InChI=1S/C2N2Se.Ca.N/c3-1-5-2-4;;. The quantitative estimate of drug-likeness (QED) is 0.444. The summed E-state index contributed by atoms with van der Waals surface area (Å²) < 4.78 is 0. The molecule has 3 nitrogen and oxygen atoms in total. The molecule has 0 N–H and O–H groups in total. The van der Waals surface area contributed by atoms with Gasteiger partial charge in [-0.2, -0.15) is 0 Å². The number of nitriles is 2. The van der Waals surface area contributed by atoms with Gasteiger partial charge in [0.1, 0.15) is 0 Å². The topological polar surface area (TPSA) is 78.1 Å². The number of hydrogen-bond donors (Lipinski definition) is 0. The Hall–Kier alpha value is 0.719. The van der Waals surface area contributed by atoms with E-state index in [1.54, 1.807) is 9.94 Å². The molecular weight excluding hydrogens is 185 g/mol. The Balaban J connectivity index is -0.0000000800. The monoisotopic (exact) mass is 186 g/mol. The molecule has 0 amide bonds. The Morgan fingerprint density at radius 2 is 1.43 bits per heavy atom.